The van der Waals surface area contributed by atoms with Crippen LogP contribution in [0, 0.1) is 11.6 Å². The van der Waals surface area contributed by atoms with E-state index in [2.05, 4.69) is 15.9 Å². The van der Waals surface area contributed by atoms with E-state index in [4.69, 9.17) is 4.74 Å². The number of amides is 1. The van der Waals surface area contributed by atoms with Gasteiger partial charge in [-0.1, -0.05) is 22.0 Å². The van der Waals surface area contributed by atoms with Crippen molar-refractivity contribution >= 4 is 21.8 Å². The van der Waals surface area contributed by atoms with Gasteiger partial charge < -0.3 is 9.64 Å². The number of ether oxygens (including phenoxy) is 1. The lowest BCUT2D eigenvalue weighted by Gasteiger charge is -2.32. The molecule has 3 rings (SSSR count). The maximum Gasteiger partial charge on any atom is 0.253 e. The van der Waals surface area contributed by atoms with Crippen molar-refractivity contribution in [2.75, 3.05) is 13.1 Å². The van der Waals surface area contributed by atoms with E-state index in [0.717, 1.165) is 35.5 Å². The van der Waals surface area contributed by atoms with Crippen LogP contribution in [0.15, 0.2) is 46.9 Å². The predicted molar refractivity (Wildman–Crippen MR) is 94.2 cm³/mol. The van der Waals surface area contributed by atoms with Gasteiger partial charge in [0.1, 0.15) is 11.6 Å². The second kappa shape index (κ2) is 8.06. The maximum atomic E-state index is 13.7. The maximum absolute atomic E-state index is 13.7. The molecule has 3 nitrogen and oxygen atoms in total. The van der Waals surface area contributed by atoms with Gasteiger partial charge in [-0.25, -0.2) is 8.78 Å². The smallest absolute Gasteiger partial charge is 0.253 e. The zero-order valence-corrected chi connectivity index (χ0v) is 15.1. The van der Waals surface area contributed by atoms with E-state index in [0.29, 0.717) is 18.7 Å². The van der Waals surface area contributed by atoms with Crippen LogP contribution in [-0.4, -0.2) is 30.0 Å². The van der Waals surface area contributed by atoms with E-state index in [1.54, 1.807) is 17.0 Å². The Bertz CT molecular complexity index is 769. The van der Waals surface area contributed by atoms with Gasteiger partial charge in [0.05, 0.1) is 12.7 Å². The lowest BCUT2D eigenvalue weighted by Crippen LogP contribution is -2.43. The number of hydrogen-bond acceptors (Lipinski definition) is 2. The molecule has 1 unspecified atom stereocenters. The minimum atomic E-state index is -0.491. The van der Waals surface area contributed by atoms with Gasteiger partial charge in [-0.15, -0.1) is 0 Å². The first-order valence-corrected chi connectivity index (χ1v) is 8.92. The van der Waals surface area contributed by atoms with Gasteiger partial charge in [0.2, 0.25) is 0 Å². The van der Waals surface area contributed by atoms with Gasteiger partial charge in [0.25, 0.3) is 5.91 Å². The molecule has 132 valence electrons. The summed E-state index contributed by atoms with van der Waals surface area (Å²) < 4.78 is 33.5. The second-order valence-corrected chi connectivity index (χ2v) is 6.99. The highest BCUT2D eigenvalue weighted by molar-refractivity contribution is 9.10. The molecule has 0 saturated carbocycles. The molecule has 1 saturated heterocycles. The highest BCUT2D eigenvalue weighted by Gasteiger charge is 2.25. The molecule has 0 N–H and O–H groups in total. The molecular formula is C19H18BrF2NO2. The Morgan fingerprint density at radius 3 is 2.88 bits per heavy atom. The van der Waals surface area contributed by atoms with Gasteiger partial charge in [-0.2, -0.15) is 0 Å². The summed E-state index contributed by atoms with van der Waals surface area (Å²) >= 11 is 3.37. The molecule has 1 atom stereocenters. The SMILES string of the molecule is O=C(c1cccc(Br)c1)N1CCCC(OCc2cc(F)ccc2F)C1. The van der Waals surface area contributed by atoms with Gasteiger partial charge in [0, 0.05) is 28.7 Å². The van der Waals surface area contributed by atoms with Gasteiger partial charge in [-0.3, -0.25) is 4.79 Å². The molecule has 1 aliphatic heterocycles. The molecule has 0 bridgehead atoms. The molecule has 25 heavy (non-hydrogen) atoms. The molecule has 1 heterocycles. The first-order valence-electron chi connectivity index (χ1n) is 8.13. The summed E-state index contributed by atoms with van der Waals surface area (Å²) in [7, 11) is 0. The zero-order chi connectivity index (χ0) is 17.8. The second-order valence-electron chi connectivity index (χ2n) is 6.07. The number of nitrogens with zero attached hydrogens (tertiary/aromatic N) is 1. The average Bonchev–Trinajstić information content (AvgIpc) is 2.62. The van der Waals surface area contributed by atoms with Crippen LogP contribution in [0.5, 0.6) is 0 Å². The minimum absolute atomic E-state index is 0.00677. The van der Waals surface area contributed by atoms with Gasteiger partial charge >= 0.3 is 0 Å². The molecule has 0 spiro atoms. The normalized spacial score (nSPS) is 17.6. The highest BCUT2D eigenvalue weighted by atomic mass is 79.9. The van der Waals surface area contributed by atoms with Crippen molar-refractivity contribution < 1.29 is 18.3 Å². The molecule has 6 heteroatoms. The Morgan fingerprint density at radius 2 is 2.08 bits per heavy atom. The van der Waals surface area contributed by atoms with Crippen LogP contribution in [0.4, 0.5) is 8.78 Å². The Labute approximate surface area is 153 Å². The van der Waals surface area contributed by atoms with Crippen molar-refractivity contribution in [3.8, 4) is 0 Å². The van der Waals surface area contributed by atoms with Crippen LogP contribution >= 0.6 is 15.9 Å². The Balaban J connectivity index is 1.61. The van der Waals surface area contributed by atoms with Crippen LogP contribution < -0.4 is 0 Å². The van der Waals surface area contributed by atoms with Crippen LogP contribution in [-0.2, 0) is 11.3 Å². The number of halogens is 3. The van der Waals surface area contributed by atoms with E-state index in [9.17, 15) is 13.6 Å². The molecule has 2 aromatic rings. The third-order valence-electron chi connectivity index (χ3n) is 4.22. The Morgan fingerprint density at radius 1 is 1.24 bits per heavy atom. The number of carbonyl (C=O) groups excluding carboxylic acids is 1. The largest absolute Gasteiger partial charge is 0.372 e. The average molecular weight is 410 g/mol. The van der Waals surface area contributed by atoms with E-state index in [-0.39, 0.29) is 24.2 Å². The summed E-state index contributed by atoms with van der Waals surface area (Å²) in [5, 5.41) is 0. The summed E-state index contributed by atoms with van der Waals surface area (Å²) in [5.74, 6) is -1.03. The van der Waals surface area contributed by atoms with E-state index in [1.165, 1.54) is 0 Å². The van der Waals surface area contributed by atoms with Crippen molar-refractivity contribution in [1.29, 1.82) is 0 Å². The van der Waals surface area contributed by atoms with Gasteiger partial charge in [0.15, 0.2) is 0 Å². The number of carbonyl (C=O) groups is 1. The van der Waals surface area contributed by atoms with Crippen LogP contribution in [0.3, 0.4) is 0 Å². The zero-order valence-electron chi connectivity index (χ0n) is 13.6. The summed E-state index contributed by atoms with van der Waals surface area (Å²) in [6.45, 7) is 1.11. The molecule has 1 fully saturated rings. The van der Waals surface area contributed by atoms with Crippen LogP contribution in [0.1, 0.15) is 28.8 Å². The number of piperidine rings is 1. The van der Waals surface area contributed by atoms with Crippen molar-refractivity contribution in [1.82, 2.24) is 4.90 Å². The summed E-state index contributed by atoms with van der Waals surface area (Å²) in [5.41, 5.74) is 0.807. The molecule has 0 radical (unpaired) electrons. The molecule has 1 aliphatic rings. The van der Waals surface area contributed by atoms with Crippen LogP contribution in [0.25, 0.3) is 0 Å². The number of likely N-dealkylation sites (tertiary alicyclic amines) is 1. The first-order chi connectivity index (χ1) is 12.0. The third-order valence-corrected chi connectivity index (χ3v) is 4.71. The van der Waals surface area contributed by atoms with Gasteiger partial charge in [-0.05, 0) is 49.2 Å². The fraction of sp³-hybridized carbons (Fsp3) is 0.316. The molecule has 0 aliphatic carbocycles. The summed E-state index contributed by atoms with van der Waals surface area (Å²) in [6.07, 6.45) is 1.42. The fourth-order valence-electron chi connectivity index (χ4n) is 2.92. The highest BCUT2D eigenvalue weighted by Crippen LogP contribution is 2.20. The first kappa shape index (κ1) is 18.0. The minimum Gasteiger partial charge on any atom is -0.372 e. The Kier molecular flexibility index (Phi) is 5.81. The molecule has 0 aromatic heterocycles. The monoisotopic (exact) mass is 409 g/mol. The number of benzene rings is 2. The molecule has 2 aromatic carbocycles. The third kappa shape index (κ3) is 4.64. The lowest BCUT2D eigenvalue weighted by atomic mass is 10.1. The van der Waals surface area contributed by atoms with E-state index >= 15 is 0 Å². The van der Waals surface area contributed by atoms with Crippen molar-refractivity contribution in [2.24, 2.45) is 0 Å². The van der Waals surface area contributed by atoms with E-state index < -0.39 is 11.6 Å². The lowest BCUT2D eigenvalue weighted by molar-refractivity contribution is -0.00769. The van der Waals surface area contributed by atoms with Crippen molar-refractivity contribution in [3.63, 3.8) is 0 Å². The predicted octanol–water partition coefficient (Wildman–Crippen LogP) is 4.55. The van der Waals surface area contributed by atoms with Crippen molar-refractivity contribution in [3.05, 3.63) is 69.7 Å². The van der Waals surface area contributed by atoms with E-state index in [1.807, 2.05) is 12.1 Å². The summed E-state index contributed by atoms with van der Waals surface area (Å²) in [6, 6.07) is 10.6. The Hall–Kier alpha value is -1.79. The standard InChI is InChI=1S/C19H18BrF2NO2/c20-15-4-1-3-13(9-15)19(24)23-8-2-5-17(11-23)25-12-14-10-16(21)6-7-18(14)22/h1,3-4,6-7,9-10,17H,2,5,8,11-12H2. The quantitative estimate of drug-likeness (QED) is 0.741. The number of rotatable bonds is 4. The van der Waals surface area contributed by atoms with Crippen LogP contribution in [0.2, 0.25) is 0 Å². The molecular weight excluding hydrogens is 392 g/mol. The molecule has 1 amide bonds. The summed E-state index contributed by atoms with van der Waals surface area (Å²) in [4.78, 5) is 14.4. The number of hydrogen-bond donors (Lipinski definition) is 0. The van der Waals surface area contributed by atoms with Crippen molar-refractivity contribution in [2.45, 2.75) is 25.6 Å². The topological polar surface area (TPSA) is 29.5 Å². The fourth-order valence-corrected chi connectivity index (χ4v) is 3.32.